The van der Waals surface area contributed by atoms with Crippen LogP contribution < -0.4 is 16.4 Å². The van der Waals surface area contributed by atoms with Crippen molar-refractivity contribution in [1.29, 1.82) is 0 Å². The van der Waals surface area contributed by atoms with Crippen molar-refractivity contribution in [2.45, 2.75) is 26.3 Å². The second-order valence-corrected chi connectivity index (χ2v) is 5.38. The Hall–Kier alpha value is -2.50. The van der Waals surface area contributed by atoms with Crippen LogP contribution >= 0.6 is 0 Å². The van der Waals surface area contributed by atoms with Gasteiger partial charge in [-0.25, -0.2) is 0 Å². The molecule has 2 aromatic rings. The number of carbonyl (C=O) groups is 1. The number of aromatic nitrogens is 2. The largest absolute Gasteiger partial charge is 0.397 e. The zero-order chi connectivity index (χ0) is 15.0. The van der Waals surface area contributed by atoms with E-state index in [9.17, 15) is 4.79 Å². The molecule has 1 aliphatic rings. The van der Waals surface area contributed by atoms with E-state index in [4.69, 9.17) is 5.73 Å². The maximum absolute atomic E-state index is 11.4. The molecule has 0 saturated carbocycles. The molecule has 1 amide bonds. The molecular formula is C15H19N5O. The number of nitrogens with one attached hydrogen (secondary N) is 2. The fraction of sp³-hybridized carbons (Fsp3) is 0.333. The lowest BCUT2D eigenvalue weighted by Crippen LogP contribution is -2.19. The highest BCUT2D eigenvalue weighted by Crippen LogP contribution is 2.31. The second-order valence-electron chi connectivity index (χ2n) is 5.38. The van der Waals surface area contributed by atoms with Gasteiger partial charge in [0.2, 0.25) is 5.91 Å². The Morgan fingerprint density at radius 2 is 2.24 bits per heavy atom. The lowest BCUT2D eigenvalue weighted by molar-refractivity contribution is -0.116. The number of benzene rings is 1. The van der Waals surface area contributed by atoms with E-state index in [2.05, 4.69) is 15.7 Å². The van der Waals surface area contributed by atoms with Crippen LogP contribution in [0.4, 0.5) is 17.1 Å². The van der Waals surface area contributed by atoms with Gasteiger partial charge in [-0.3, -0.25) is 9.48 Å². The predicted molar refractivity (Wildman–Crippen MR) is 83.1 cm³/mol. The topological polar surface area (TPSA) is 85.0 Å². The standard InChI is InChI=1S/C15H19N5O/c1-9-11(8-18-20(9)2)7-17-14-5-10-3-4-15(21)19-13(10)6-12(14)16/h5-6,8,17H,3-4,7,16H2,1-2H3,(H,19,21). The maximum atomic E-state index is 11.4. The van der Waals surface area contributed by atoms with E-state index in [0.717, 1.165) is 34.6 Å². The van der Waals surface area contributed by atoms with Gasteiger partial charge in [0.05, 0.1) is 17.6 Å². The van der Waals surface area contributed by atoms with E-state index in [-0.39, 0.29) is 5.91 Å². The first-order chi connectivity index (χ1) is 10.0. The number of hydrogen-bond donors (Lipinski definition) is 3. The Balaban J connectivity index is 1.80. The Labute approximate surface area is 123 Å². The summed E-state index contributed by atoms with van der Waals surface area (Å²) in [4.78, 5) is 11.4. The quantitative estimate of drug-likeness (QED) is 0.751. The Morgan fingerprint density at radius 3 is 2.95 bits per heavy atom. The molecule has 0 bridgehead atoms. The molecule has 1 aromatic carbocycles. The van der Waals surface area contributed by atoms with Gasteiger partial charge in [-0.1, -0.05) is 0 Å². The normalized spacial score (nSPS) is 13.7. The predicted octanol–water partition coefficient (Wildman–Crippen LogP) is 1.81. The van der Waals surface area contributed by atoms with Crippen molar-refractivity contribution in [3.8, 4) is 0 Å². The third kappa shape index (κ3) is 2.56. The average molecular weight is 285 g/mol. The summed E-state index contributed by atoms with van der Waals surface area (Å²) in [7, 11) is 1.93. The highest BCUT2D eigenvalue weighted by atomic mass is 16.1. The Kier molecular flexibility index (Phi) is 3.29. The van der Waals surface area contributed by atoms with Crippen LogP contribution in [0.15, 0.2) is 18.3 Å². The van der Waals surface area contributed by atoms with Crippen molar-refractivity contribution in [3.63, 3.8) is 0 Å². The molecule has 0 unspecified atom stereocenters. The SMILES string of the molecule is Cc1c(CNc2cc3c(cc2N)NC(=O)CC3)cnn1C. The number of rotatable bonds is 3. The van der Waals surface area contributed by atoms with E-state index in [1.54, 1.807) is 0 Å². The van der Waals surface area contributed by atoms with Crippen LogP contribution in [0.5, 0.6) is 0 Å². The van der Waals surface area contributed by atoms with E-state index in [1.165, 1.54) is 0 Å². The molecule has 4 N–H and O–H groups in total. The number of anilines is 3. The van der Waals surface area contributed by atoms with Gasteiger partial charge in [0.15, 0.2) is 0 Å². The fourth-order valence-corrected chi connectivity index (χ4v) is 2.51. The highest BCUT2D eigenvalue weighted by Gasteiger charge is 2.16. The molecule has 0 spiro atoms. The van der Waals surface area contributed by atoms with Gasteiger partial charge in [-0.2, -0.15) is 5.10 Å². The second kappa shape index (κ2) is 5.12. The molecule has 1 aromatic heterocycles. The number of fused-ring (bicyclic) bond motifs is 1. The number of nitrogen functional groups attached to an aromatic ring is 1. The molecule has 0 saturated heterocycles. The minimum Gasteiger partial charge on any atom is -0.397 e. The van der Waals surface area contributed by atoms with Crippen molar-refractivity contribution in [2.24, 2.45) is 7.05 Å². The molecule has 2 heterocycles. The summed E-state index contributed by atoms with van der Waals surface area (Å²) in [6.07, 6.45) is 3.14. The van der Waals surface area contributed by atoms with Crippen molar-refractivity contribution >= 4 is 23.0 Å². The lowest BCUT2D eigenvalue weighted by atomic mass is 10.0. The van der Waals surface area contributed by atoms with E-state index in [1.807, 2.05) is 37.0 Å². The lowest BCUT2D eigenvalue weighted by Gasteiger charge is -2.19. The number of amides is 1. The van der Waals surface area contributed by atoms with E-state index in [0.29, 0.717) is 18.7 Å². The molecule has 3 rings (SSSR count). The van der Waals surface area contributed by atoms with Crippen LogP contribution in [0.25, 0.3) is 0 Å². The van der Waals surface area contributed by atoms with Crippen LogP contribution in [0.2, 0.25) is 0 Å². The molecule has 0 fully saturated rings. The van der Waals surface area contributed by atoms with Gasteiger partial charge in [-0.15, -0.1) is 0 Å². The molecule has 110 valence electrons. The molecule has 0 radical (unpaired) electrons. The molecule has 21 heavy (non-hydrogen) atoms. The molecule has 1 aliphatic heterocycles. The number of hydrogen-bond acceptors (Lipinski definition) is 4. The molecule has 0 atom stereocenters. The van der Waals surface area contributed by atoms with Crippen molar-refractivity contribution in [1.82, 2.24) is 9.78 Å². The first kappa shape index (κ1) is 13.5. The zero-order valence-electron chi connectivity index (χ0n) is 12.2. The summed E-state index contributed by atoms with van der Waals surface area (Å²) in [5.74, 6) is 0.0496. The van der Waals surface area contributed by atoms with Gasteiger partial charge < -0.3 is 16.4 Å². The van der Waals surface area contributed by atoms with Gasteiger partial charge in [0.25, 0.3) is 0 Å². The summed E-state index contributed by atoms with van der Waals surface area (Å²) in [5, 5.41) is 10.4. The van der Waals surface area contributed by atoms with Gasteiger partial charge in [0, 0.05) is 37.0 Å². The molecule has 6 nitrogen and oxygen atoms in total. The van der Waals surface area contributed by atoms with Crippen LogP contribution in [0.1, 0.15) is 23.2 Å². The Bertz CT molecular complexity index is 704. The third-order valence-corrected chi connectivity index (χ3v) is 3.98. The first-order valence-corrected chi connectivity index (χ1v) is 6.98. The minimum atomic E-state index is 0.0496. The average Bonchev–Trinajstić information content (AvgIpc) is 2.77. The van der Waals surface area contributed by atoms with Crippen LogP contribution in [0.3, 0.4) is 0 Å². The van der Waals surface area contributed by atoms with Crippen molar-refractivity contribution in [2.75, 3.05) is 16.4 Å². The monoisotopic (exact) mass is 285 g/mol. The summed E-state index contributed by atoms with van der Waals surface area (Å²) in [6.45, 7) is 2.71. The summed E-state index contributed by atoms with van der Waals surface area (Å²) in [5.41, 5.74) is 11.8. The zero-order valence-corrected chi connectivity index (χ0v) is 12.2. The number of carbonyl (C=O) groups excluding carboxylic acids is 1. The van der Waals surface area contributed by atoms with Crippen molar-refractivity contribution < 1.29 is 4.79 Å². The maximum Gasteiger partial charge on any atom is 0.224 e. The fourth-order valence-electron chi connectivity index (χ4n) is 2.51. The summed E-state index contributed by atoms with van der Waals surface area (Å²) in [6, 6.07) is 3.85. The van der Waals surface area contributed by atoms with Crippen LogP contribution in [-0.4, -0.2) is 15.7 Å². The van der Waals surface area contributed by atoms with Crippen LogP contribution in [-0.2, 0) is 24.8 Å². The van der Waals surface area contributed by atoms with Gasteiger partial charge in [0.1, 0.15) is 0 Å². The number of nitrogens with two attached hydrogens (primary N) is 1. The smallest absolute Gasteiger partial charge is 0.224 e. The van der Waals surface area contributed by atoms with Crippen LogP contribution in [0, 0.1) is 6.92 Å². The third-order valence-electron chi connectivity index (χ3n) is 3.98. The van der Waals surface area contributed by atoms with E-state index >= 15 is 0 Å². The number of nitrogens with zero attached hydrogens (tertiary/aromatic N) is 2. The summed E-state index contributed by atoms with van der Waals surface area (Å²) >= 11 is 0. The number of aryl methyl sites for hydroxylation is 2. The van der Waals surface area contributed by atoms with E-state index < -0.39 is 0 Å². The van der Waals surface area contributed by atoms with Gasteiger partial charge in [-0.05, 0) is 31.0 Å². The minimum absolute atomic E-state index is 0.0496. The molecule has 0 aliphatic carbocycles. The molecular weight excluding hydrogens is 266 g/mol. The summed E-state index contributed by atoms with van der Waals surface area (Å²) < 4.78 is 1.85. The van der Waals surface area contributed by atoms with Gasteiger partial charge >= 0.3 is 0 Å². The van der Waals surface area contributed by atoms with Crippen molar-refractivity contribution in [3.05, 3.63) is 35.2 Å². The highest BCUT2D eigenvalue weighted by molar-refractivity contribution is 5.95. The first-order valence-electron chi connectivity index (χ1n) is 6.98. The Morgan fingerprint density at radius 1 is 1.43 bits per heavy atom. The molecule has 6 heteroatoms.